The van der Waals surface area contributed by atoms with E-state index in [1.54, 1.807) is 0 Å². The van der Waals surface area contributed by atoms with Crippen LogP contribution in [0.4, 0.5) is 0 Å². The maximum atomic E-state index is 9.10. The highest BCUT2D eigenvalue weighted by atomic mass is 16.5. The lowest BCUT2D eigenvalue weighted by molar-refractivity contribution is -0.159. The van der Waals surface area contributed by atoms with Gasteiger partial charge in [0.05, 0.1) is 6.54 Å². The number of hydrogen-bond acceptors (Lipinski definition) is 4. The molecule has 0 radical (unpaired) electrons. The van der Waals surface area contributed by atoms with Crippen LogP contribution >= 0.6 is 0 Å². The summed E-state index contributed by atoms with van der Waals surface area (Å²) in [5.74, 6) is 4.20. The average Bonchev–Trinajstić information content (AvgIpc) is 2.62. The van der Waals surface area contributed by atoms with Gasteiger partial charge >= 0.3 is 11.9 Å². The number of carbonyl (C=O) groups is 2. The van der Waals surface area contributed by atoms with Gasteiger partial charge in [-0.1, -0.05) is 44.2 Å². The third-order valence-electron chi connectivity index (χ3n) is 4.15. The molecule has 2 N–H and O–H groups in total. The first kappa shape index (κ1) is 22.5. The fourth-order valence-corrected chi connectivity index (χ4v) is 2.69. The summed E-state index contributed by atoms with van der Waals surface area (Å²) in [5, 5.41) is 14.8. The van der Waals surface area contributed by atoms with E-state index in [9.17, 15) is 0 Å². The van der Waals surface area contributed by atoms with Crippen molar-refractivity contribution >= 4 is 11.9 Å². The summed E-state index contributed by atoms with van der Waals surface area (Å²) in [5.41, 5.74) is 2.49. The Morgan fingerprint density at radius 3 is 2.30 bits per heavy atom. The second-order valence-corrected chi connectivity index (χ2v) is 6.79. The molecule has 1 aromatic carbocycles. The normalized spacial score (nSPS) is 13.8. The minimum Gasteiger partial charge on any atom is -0.481 e. The molecule has 0 unspecified atom stereocenters. The molecular formula is C21H29NO5. The SMILES string of the molecule is Cc1ccc(C(C)C)c(OCC#CCN2CCCCC2)c1.O=C(O)C(=O)O. The fourth-order valence-electron chi connectivity index (χ4n) is 2.69. The molecule has 0 amide bonds. The molecule has 0 atom stereocenters. The first-order valence-electron chi connectivity index (χ1n) is 9.19. The monoisotopic (exact) mass is 375 g/mol. The Kier molecular flexibility index (Phi) is 9.99. The van der Waals surface area contributed by atoms with Crippen molar-refractivity contribution in [2.45, 2.75) is 46.0 Å². The Balaban J connectivity index is 0.000000527. The highest BCUT2D eigenvalue weighted by Gasteiger charge is 2.08. The van der Waals surface area contributed by atoms with Gasteiger partial charge in [0.1, 0.15) is 12.4 Å². The van der Waals surface area contributed by atoms with E-state index in [1.165, 1.54) is 43.5 Å². The van der Waals surface area contributed by atoms with Crippen LogP contribution in [0.3, 0.4) is 0 Å². The molecule has 6 heteroatoms. The Labute approximate surface area is 161 Å². The number of likely N-dealkylation sites (tertiary alicyclic amines) is 1. The van der Waals surface area contributed by atoms with Crippen molar-refractivity contribution in [2.75, 3.05) is 26.2 Å². The molecule has 1 aliphatic heterocycles. The molecule has 0 aromatic heterocycles. The van der Waals surface area contributed by atoms with Gasteiger partial charge in [-0.15, -0.1) is 0 Å². The van der Waals surface area contributed by atoms with Crippen molar-refractivity contribution in [3.63, 3.8) is 0 Å². The van der Waals surface area contributed by atoms with E-state index in [4.69, 9.17) is 24.5 Å². The zero-order valence-electron chi connectivity index (χ0n) is 16.3. The van der Waals surface area contributed by atoms with Gasteiger partial charge in [-0.25, -0.2) is 9.59 Å². The average molecular weight is 375 g/mol. The number of ether oxygens (including phenoxy) is 1. The van der Waals surface area contributed by atoms with E-state index in [0.29, 0.717) is 12.5 Å². The number of carboxylic acids is 2. The summed E-state index contributed by atoms with van der Waals surface area (Å²) >= 11 is 0. The molecule has 148 valence electrons. The van der Waals surface area contributed by atoms with Gasteiger partial charge in [0, 0.05) is 0 Å². The van der Waals surface area contributed by atoms with E-state index >= 15 is 0 Å². The fraction of sp³-hybridized carbons (Fsp3) is 0.524. The molecule has 1 saturated heterocycles. The van der Waals surface area contributed by atoms with Crippen LogP contribution in [0.2, 0.25) is 0 Å². The van der Waals surface area contributed by atoms with Crippen molar-refractivity contribution in [1.29, 1.82) is 0 Å². The Morgan fingerprint density at radius 1 is 1.11 bits per heavy atom. The lowest BCUT2D eigenvalue weighted by atomic mass is 10.0. The summed E-state index contributed by atoms with van der Waals surface area (Å²) in [7, 11) is 0. The molecule has 6 nitrogen and oxygen atoms in total. The number of nitrogens with zero attached hydrogens (tertiary/aromatic N) is 1. The van der Waals surface area contributed by atoms with Crippen LogP contribution < -0.4 is 4.74 Å². The van der Waals surface area contributed by atoms with Crippen molar-refractivity contribution in [1.82, 2.24) is 4.90 Å². The molecule has 0 spiro atoms. The number of carboxylic acid groups (broad SMARTS) is 2. The van der Waals surface area contributed by atoms with E-state index in [-0.39, 0.29) is 0 Å². The predicted molar refractivity (Wildman–Crippen MR) is 104 cm³/mol. The topological polar surface area (TPSA) is 87.1 Å². The van der Waals surface area contributed by atoms with Crippen molar-refractivity contribution in [3.8, 4) is 17.6 Å². The minimum atomic E-state index is -1.82. The molecule has 1 heterocycles. The van der Waals surface area contributed by atoms with Crippen LogP contribution in [0.25, 0.3) is 0 Å². The third-order valence-corrected chi connectivity index (χ3v) is 4.15. The zero-order chi connectivity index (χ0) is 20.2. The molecule has 1 aromatic rings. The van der Waals surface area contributed by atoms with Gasteiger partial charge in [-0.2, -0.15) is 0 Å². The second-order valence-electron chi connectivity index (χ2n) is 6.79. The molecule has 2 rings (SSSR count). The highest BCUT2D eigenvalue weighted by Crippen LogP contribution is 2.27. The first-order valence-corrected chi connectivity index (χ1v) is 9.19. The van der Waals surface area contributed by atoms with Crippen LogP contribution in [0.5, 0.6) is 5.75 Å². The van der Waals surface area contributed by atoms with Gasteiger partial charge in [0.2, 0.25) is 0 Å². The van der Waals surface area contributed by atoms with Crippen LogP contribution in [0.1, 0.15) is 50.2 Å². The van der Waals surface area contributed by atoms with Crippen molar-refractivity contribution < 1.29 is 24.5 Å². The molecule has 27 heavy (non-hydrogen) atoms. The molecule has 0 saturated carbocycles. The summed E-state index contributed by atoms with van der Waals surface area (Å²) in [6, 6.07) is 6.42. The molecule has 1 fully saturated rings. The van der Waals surface area contributed by atoms with Crippen molar-refractivity contribution in [2.24, 2.45) is 0 Å². The Bertz CT molecular complexity index is 670. The highest BCUT2D eigenvalue weighted by molar-refractivity contribution is 6.27. The van der Waals surface area contributed by atoms with Gasteiger partial charge in [-0.05, 0) is 56.0 Å². The smallest absolute Gasteiger partial charge is 0.414 e. The van der Waals surface area contributed by atoms with Gasteiger partial charge in [0.15, 0.2) is 0 Å². The second kappa shape index (κ2) is 12.0. The largest absolute Gasteiger partial charge is 0.481 e. The Hall–Kier alpha value is -2.52. The van der Waals surface area contributed by atoms with Gasteiger partial charge in [0.25, 0.3) is 0 Å². The maximum Gasteiger partial charge on any atom is 0.414 e. The van der Waals surface area contributed by atoms with E-state index < -0.39 is 11.9 Å². The number of aliphatic carboxylic acids is 2. The van der Waals surface area contributed by atoms with E-state index in [2.05, 4.69) is 55.7 Å². The number of rotatable bonds is 4. The van der Waals surface area contributed by atoms with Crippen LogP contribution in [-0.2, 0) is 9.59 Å². The molecule has 0 bridgehead atoms. The predicted octanol–water partition coefficient (Wildman–Crippen LogP) is 3.14. The zero-order valence-corrected chi connectivity index (χ0v) is 16.3. The van der Waals surface area contributed by atoms with Crippen LogP contribution in [0.15, 0.2) is 18.2 Å². The summed E-state index contributed by atoms with van der Waals surface area (Å²) in [6.45, 7) is 10.2. The third kappa shape index (κ3) is 9.11. The quantitative estimate of drug-likeness (QED) is 0.621. The van der Waals surface area contributed by atoms with Crippen LogP contribution in [-0.4, -0.2) is 53.3 Å². The summed E-state index contributed by atoms with van der Waals surface area (Å²) in [6.07, 6.45) is 4.01. The van der Waals surface area contributed by atoms with Gasteiger partial charge in [-0.3, -0.25) is 4.90 Å². The number of benzene rings is 1. The van der Waals surface area contributed by atoms with E-state index in [1.807, 2.05) is 0 Å². The lowest BCUT2D eigenvalue weighted by Gasteiger charge is -2.23. The lowest BCUT2D eigenvalue weighted by Crippen LogP contribution is -2.29. The first-order chi connectivity index (χ1) is 12.8. The van der Waals surface area contributed by atoms with E-state index in [0.717, 1.165) is 12.3 Å². The van der Waals surface area contributed by atoms with Crippen molar-refractivity contribution in [3.05, 3.63) is 29.3 Å². The number of piperidine rings is 1. The molecule has 0 aliphatic carbocycles. The van der Waals surface area contributed by atoms with Gasteiger partial charge < -0.3 is 14.9 Å². The molecular weight excluding hydrogens is 346 g/mol. The summed E-state index contributed by atoms with van der Waals surface area (Å²) < 4.78 is 5.88. The Morgan fingerprint density at radius 2 is 1.74 bits per heavy atom. The number of hydrogen-bond donors (Lipinski definition) is 2. The molecule has 1 aliphatic rings. The summed E-state index contributed by atoms with van der Waals surface area (Å²) in [4.78, 5) is 20.6. The van der Waals surface area contributed by atoms with Crippen LogP contribution in [0, 0.1) is 18.8 Å². The standard InChI is InChI=1S/C19H27NO.C2H2O4/c1-16(2)18-10-9-17(3)15-19(18)21-14-8-7-13-20-11-5-4-6-12-20;3-1(4)2(5)6/h9-10,15-16H,4-6,11-14H2,1-3H3;(H,3,4)(H,5,6). The maximum absolute atomic E-state index is 9.10. The minimum absolute atomic E-state index is 0.474. The number of aryl methyl sites for hydroxylation is 1.